The largest absolute Gasteiger partial charge is 0.478 e. The molecule has 0 radical (unpaired) electrons. The van der Waals surface area contributed by atoms with E-state index in [1.807, 2.05) is 0 Å². The van der Waals surface area contributed by atoms with E-state index in [1.165, 1.54) is 12.1 Å². The van der Waals surface area contributed by atoms with Gasteiger partial charge in [0.25, 0.3) is 0 Å². The fourth-order valence-electron chi connectivity index (χ4n) is 1.99. The summed E-state index contributed by atoms with van der Waals surface area (Å²) >= 11 is 0. The number of fused-ring (bicyclic) bond motifs is 1. The van der Waals surface area contributed by atoms with Crippen LogP contribution in [0.4, 0.5) is 0 Å². The molecule has 0 heterocycles. The Morgan fingerprint density at radius 3 is 2.23 bits per heavy atom. The number of carboxylic acids is 2. The molecule has 0 fully saturated rings. The van der Waals surface area contributed by atoms with Crippen molar-refractivity contribution in [2.24, 2.45) is 0 Å². The van der Waals surface area contributed by atoms with Gasteiger partial charge in [0.2, 0.25) is 0 Å². The minimum Gasteiger partial charge on any atom is -0.478 e. The lowest BCUT2D eigenvalue weighted by Crippen LogP contribution is -2.22. The molecule has 0 amide bonds. The lowest BCUT2D eigenvalue weighted by atomic mass is 9.98. The maximum Gasteiger partial charge on any atom is 0.340 e. The molecule has 0 aliphatic rings. The number of hydrogen-bond donors (Lipinski definition) is 2. The third-order valence-electron chi connectivity index (χ3n) is 2.83. The molecule has 0 atom stereocenters. The van der Waals surface area contributed by atoms with Crippen LogP contribution in [0.2, 0.25) is 0 Å². The Labute approximate surface area is 126 Å². The summed E-state index contributed by atoms with van der Waals surface area (Å²) in [6, 6.07) is 7.59. The second-order valence-corrected chi connectivity index (χ2v) is 5.73. The summed E-state index contributed by atoms with van der Waals surface area (Å²) in [5.41, 5.74) is -0.979. The fraction of sp³-hybridized carbons (Fsp3) is 0.250. The maximum absolute atomic E-state index is 11.6. The lowest BCUT2D eigenvalue weighted by Gasteiger charge is -2.19. The molecule has 2 aromatic rings. The van der Waals surface area contributed by atoms with E-state index in [4.69, 9.17) is 9.78 Å². The lowest BCUT2D eigenvalue weighted by molar-refractivity contribution is -0.274. The van der Waals surface area contributed by atoms with Gasteiger partial charge in [0.15, 0.2) is 5.75 Å². The highest BCUT2D eigenvalue weighted by molar-refractivity contribution is 6.14. The fourth-order valence-corrected chi connectivity index (χ4v) is 1.99. The summed E-state index contributed by atoms with van der Waals surface area (Å²) in [6.45, 7) is 5.24. The van der Waals surface area contributed by atoms with Gasteiger partial charge < -0.3 is 15.1 Å². The minimum atomic E-state index is -1.29. The summed E-state index contributed by atoms with van der Waals surface area (Å²) in [6.07, 6.45) is 0. The van der Waals surface area contributed by atoms with Crippen LogP contribution < -0.4 is 4.89 Å². The maximum atomic E-state index is 11.6. The second-order valence-electron chi connectivity index (χ2n) is 5.73. The summed E-state index contributed by atoms with van der Waals surface area (Å²) in [5, 5.41) is 19.4. The Bertz CT molecular complexity index is 742. The molecule has 0 aliphatic carbocycles. The van der Waals surface area contributed by atoms with E-state index in [0.29, 0.717) is 5.39 Å². The van der Waals surface area contributed by atoms with Gasteiger partial charge in [-0.2, -0.15) is 4.89 Å². The first-order valence-electron chi connectivity index (χ1n) is 6.59. The Morgan fingerprint density at radius 1 is 1.00 bits per heavy atom. The summed E-state index contributed by atoms with van der Waals surface area (Å²) < 4.78 is 0. The molecule has 0 bridgehead atoms. The number of benzene rings is 2. The van der Waals surface area contributed by atoms with Gasteiger partial charge in [0.05, 0.1) is 5.56 Å². The number of hydrogen-bond acceptors (Lipinski definition) is 4. The zero-order valence-electron chi connectivity index (χ0n) is 12.4. The highest BCUT2D eigenvalue weighted by atomic mass is 17.2. The predicted molar refractivity (Wildman–Crippen MR) is 79.3 cm³/mol. The number of carboxylic acid groups (broad SMARTS) is 2. The minimum absolute atomic E-state index is 0.0383. The third-order valence-corrected chi connectivity index (χ3v) is 2.83. The van der Waals surface area contributed by atoms with Crippen LogP contribution in [0.3, 0.4) is 0 Å². The van der Waals surface area contributed by atoms with Crippen LogP contribution in [0.15, 0.2) is 30.3 Å². The molecule has 2 rings (SSSR count). The molecule has 0 aliphatic heterocycles. The highest BCUT2D eigenvalue weighted by Crippen LogP contribution is 2.31. The van der Waals surface area contributed by atoms with Crippen molar-refractivity contribution in [3.8, 4) is 5.75 Å². The van der Waals surface area contributed by atoms with Crippen LogP contribution in [0.1, 0.15) is 41.5 Å². The zero-order chi connectivity index (χ0) is 16.5. The van der Waals surface area contributed by atoms with Crippen molar-refractivity contribution in [3.05, 3.63) is 41.5 Å². The SMILES string of the molecule is CC(C)(C)OOc1ccc2cccc(C(=O)O)c2c1C(=O)O. The Kier molecular flexibility index (Phi) is 4.05. The van der Waals surface area contributed by atoms with E-state index in [-0.39, 0.29) is 22.3 Å². The van der Waals surface area contributed by atoms with Gasteiger partial charge in [0, 0.05) is 5.39 Å². The van der Waals surface area contributed by atoms with Crippen LogP contribution in [0, 0.1) is 0 Å². The monoisotopic (exact) mass is 304 g/mol. The Balaban J connectivity index is 2.68. The molecule has 0 spiro atoms. The van der Waals surface area contributed by atoms with Crippen molar-refractivity contribution < 1.29 is 29.6 Å². The van der Waals surface area contributed by atoms with Gasteiger partial charge in [0.1, 0.15) is 11.2 Å². The van der Waals surface area contributed by atoms with Crippen LogP contribution in [-0.4, -0.2) is 27.8 Å². The van der Waals surface area contributed by atoms with Crippen molar-refractivity contribution in [3.63, 3.8) is 0 Å². The summed E-state index contributed by atoms with van der Waals surface area (Å²) in [5.74, 6) is -2.53. The number of carbonyl (C=O) groups is 2. The standard InChI is InChI=1S/C16H16O6/c1-16(2,3)22-21-11-8-7-9-5-4-6-10(14(17)18)12(9)13(11)15(19)20/h4-8H,1-3H3,(H,17,18)(H,19,20). The average molecular weight is 304 g/mol. The average Bonchev–Trinajstić information content (AvgIpc) is 2.42. The van der Waals surface area contributed by atoms with Crippen molar-refractivity contribution in [1.29, 1.82) is 0 Å². The van der Waals surface area contributed by atoms with E-state index in [1.54, 1.807) is 39.0 Å². The van der Waals surface area contributed by atoms with Gasteiger partial charge >= 0.3 is 11.9 Å². The normalized spacial score (nSPS) is 11.4. The molecule has 0 aromatic heterocycles. The van der Waals surface area contributed by atoms with Crippen LogP contribution in [0.5, 0.6) is 5.75 Å². The molecule has 0 saturated heterocycles. The van der Waals surface area contributed by atoms with Crippen LogP contribution in [0.25, 0.3) is 10.8 Å². The van der Waals surface area contributed by atoms with E-state index in [9.17, 15) is 19.8 Å². The third kappa shape index (κ3) is 3.17. The van der Waals surface area contributed by atoms with E-state index in [0.717, 1.165) is 0 Å². The topological polar surface area (TPSA) is 93.1 Å². The smallest absolute Gasteiger partial charge is 0.340 e. The van der Waals surface area contributed by atoms with Crippen molar-refractivity contribution in [2.45, 2.75) is 26.4 Å². The van der Waals surface area contributed by atoms with E-state index in [2.05, 4.69) is 0 Å². The summed E-state index contributed by atoms with van der Waals surface area (Å²) in [4.78, 5) is 33.2. The van der Waals surface area contributed by atoms with Gasteiger partial charge in [-0.15, -0.1) is 0 Å². The van der Waals surface area contributed by atoms with Gasteiger partial charge in [-0.25, -0.2) is 9.59 Å². The molecule has 2 aromatic carbocycles. The number of aromatic carboxylic acids is 2. The van der Waals surface area contributed by atoms with Crippen molar-refractivity contribution >= 4 is 22.7 Å². The molecule has 0 unspecified atom stereocenters. The molecule has 6 heteroatoms. The van der Waals surface area contributed by atoms with Gasteiger partial charge in [-0.1, -0.05) is 18.2 Å². The van der Waals surface area contributed by atoms with Crippen LogP contribution >= 0.6 is 0 Å². The van der Waals surface area contributed by atoms with Crippen molar-refractivity contribution in [1.82, 2.24) is 0 Å². The first-order valence-corrected chi connectivity index (χ1v) is 6.59. The predicted octanol–water partition coefficient (Wildman–Crippen LogP) is 3.35. The zero-order valence-corrected chi connectivity index (χ0v) is 12.4. The van der Waals surface area contributed by atoms with Gasteiger partial charge in [-0.3, -0.25) is 0 Å². The summed E-state index contributed by atoms with van der Waals surface area (Å²) in [7, 11) is 0. The van der Waals surface area contributed by atoms with Gasteiger partial charge in [-0.05, 0) is 38.3 Å². The van der Waals surface area contributed by atoms with E-state index < -0.39 is 17.5 Å². The van der Waals surface area contributed by atoms with E-state index >= 15 is 0 Å². The second kappa shape index (κ2) is 5.65. The van der Waals surface area contributed by atoms with Crippen molar-refractivity contribution in [2.75, 3.05) is 0 Å². The molecule has 116 valence electrons. The molecule has 22 heavy (non-hydrogen) atoms. The first-order chi connectivity index (χ1) is 10.2. The Hall–Kier alpha value is -2.60. The molecule has 2 N–H and O–H groups in total. The first kappa shape index (κ1) is 15.8. The number of rotatable bonds is 4. The van der Waals surface area contributed by atoms with Crippen LogP contribution in [-0.2, 0) is 4.89 Å². The highest BCUT2D eigenvalue weighted by Gasteiger charge is 2.23. The molecule has 6 nitrogen and oxygen atoms in total. The Morgan fingerprint density at radius 2 is 1.68 bits per heavy atom. The quantitative estimate of drug-likeness (QED) is 0.664. The molecular weight excluding hydrogens is 288 g/mol. The molecule has 0 saturated carbocycles. The molecular formula is C16H16O6.